The second kappa shape index (κ2) is 6.44. The third-order valence-electron chi connectivity index (χ3n) is 1.08. The maximum absolute atomic E-state index is 5.60. The summed E-state index contributed by atoms with van der Waals surface area (Å²) in [5.74, 6) is 1.30. The van der Waals surface area contributed by atoms with Crippen molar-refractivity contribution < 1.29 is 0 Å². The summed E-state index contributed by atoms with van der Waals surface area (Å²) in [6, 6.07) is 0. The van der Waals surface area contributed by atoms with E-state index in [1.165, 1.54) is 5.57 Å². The maximum Gasteiger partial charge on any atom is 0.0433 e. The van der Waals surface area contributed by atoms with E-state index in [1.807, 2.05) is 0 Å². The lowest BCUT2D eigenvalue weighted by Gasteiger charge is -1.96. The highest BCUT2D eigenvalue weighted by Gasteiger charge is 1.91. The summed E-state index contributed by atoms with van der Waals surface area (Å²) in [6.07, 6.45) is 4.12. The van der Waals surface area contributed by atoms with Crippen LogP contribution in [0.5, 0.6) is 0 Å². The molecule has 0 spiro atoms. The van der Waals surface area contributed by atoms with Gasteiger partial charge in [-0.25, -0.2) is 0 Å². The number of allylic oxidation sites excluding steroid dienone is 2. The SMILES string of the molecule is CC/C=C(\CCl)CCCl. The fraction of sp³-hybridized carbons (Fsp3) is 0.714. The minimum atomic E-state index is 0.626. The van der Waals surface area contributed by atoms with Gasteiger partial charge in [-0.3, -0.25) is 0 Å². The lowest BCUT2D eigenvalue weighted by Crippen LogP contribution is -1.85. The van der Waals surface area contributed by atoms with E-state index in [0.717, 1.165) is 12.8 Å². The van der Waals surface area contributed by atoms with Crippen molar-refractivity contribution in [3.8, 4) is 0 Å². The predicted octanol–water partition coefficient (Wildman–Crippen LogP) is 3.19. The highest BCUT2D eigenvalue weighted by Crippen LogP contribution is 2.05. The topological polar surface area (TPSA) is 0 Å². The molecule has 0 aliphatic heterocycles. The Hall–Kier alpha value is 0.320. The number of halogens is 2. The van der Waals surface area contributed by atoms with Gasteiger partial charge in [-0.1, -0.05) is 18.6 Å². The first-order valence-electron chi connectivity index (χ1n) is 3.15. The van der Waals surface area contributed by atoms with Crippen LogP contribution in [-0.2, 0) is 0 Å². The Morgan fingerprint density at radius 3 is 2.44 bits per heavy atom. The Kier molecular flexibility index (Phi) is 6.67. The van der Waals surface area contributed by atoms with Gasteiger partial charge in [0.05, 0.1) is 0 Å². The Balaban J connectivity index is 3.53. The predicted molar refractivity (Wildman–Crippen MR) is 44.4 cm³/mol. The minimum absolute atomic E-state index is 0.626. The van der Waals surface area contributed by atoms with Gasteiger partial charge in [0.1, 0.15) is 0 Å². The molecule has 0 amide bonds. The van der Waals surface area contributed by atoms with Gasteiger partial charge < -0.3 is 0 Å². The number of hydrogen-bond acceptors (Lipinski definition) is 0. The summed E-state index contributed by atoms with van der Waals surface area (Å²) < 4.78 is 0. The molecule has 0 heterocycles. The van der Waals surface area contributed by atoms with Crippen molar-refractivity contribution in [1.82, 2.24) is 0 Å². The number of rotatable bonds is 4. The zero-order chi connectivity index (χ0) is 7.11. The molecule has 0 rings (SSSR count). The Labute approximate surface area is 66.8 Å². The van der Waals surface area contributed by atoms with Crippen LogP contribution in [0.25, 0.3) is 0 Å². The minimum Gasteiger partial charge on any atom is -0.126 e. The highest BCUT2D eigenvalue weighted by atomic mass is 35.5. The second-order valence-corrected chi connectivity index (χ2v) is 2.49. The molecule has 0 bridgehead atoms. The molecule has 2 heteroatoms. The molecule has 0 N–H and O–H groups in total. The highest BCUT2D eigenvalue weighted by molar-refractivity contribution is 6.20. The molecule has 0 saturated carbocycles. The van der Waals surface area contributed by atoms with Gasteiger partial charge in [0, 0.05) is 11.8 Å². The van der Waals surface area contributed by atoms with E-state index < -0.39 is 0 Å². The van der Waals surface area contributed by atoms with Gasteiger partial charge in [0.25, 0.3) is 0 Å². The third-order valence-corrected chi connectivity index (χ3v) is 1.61. The molecule has 0 aromatic carbocycles. The summed E-state index contributed by atoms with van der Waals surface area (Å²) in [5.41, 5.74) is 1.26. The van der Waals surface area contributed by atoms with E-state index in [0.29, 0.717) is 11.8 Å². The van der Waals surface area contributed by atoms with Gasteiger partial charge in [-0.2, -0.15) is 0 Å². The van der Waals surface area contributed by atoms with E-state index in [4.69, 9.17) is 23.2 Å². The summed E-state index contributed by atoms with van der Waals surface area (Å²) in [7, 11) is 0. The fourth-order valence-electron chi connectivity index (χ4n) is 0.633. The van der Waals surface area contributed by atoms with Crippen molar-refractivity contribution in [3.05, 3.63) is 11.6 Å². The van der Waals surface area contributed by atoms with Crippen LogP contribution in [0.2, 0.25) is 0 Å². The Morgan fingerprint density at radius 1 is 1.44 bits per heavy atom. The first-order chi connectivity index (χ1) is 4.35. The van der Waals surface area contributed by atoms with Crippen molar-refractivity contribution in [2.24, 2.45) is 0 Å². The van der Waals surface area contributed by atoms with Gasteiger partial charge in [-0.05, 0) is 12.8 Å². The van der Waals surface area contributed by atoms with Crippen LogP contribution in [0, 0.1) is 0 Å². The number of hydrogen-bond donors (Lipinski definition) is 0. The Bertz CT molecular complexity index is 86.9. The van der Waals surface area contributed by atoms with Crippen LogP contribution < -0.4 is 0 Å². The quantitative estimate of drug-likeness (QED) is 0.445. The zero-order valence-electron chi connectivity index (χ0n) is 5.66. The molecular formula is C7H12Cl2. The van der Waals surface area contributed by atoms with Crippen molar-refractivity contribution in [2.45, 2.75) is 19.8 Å². The summed E-state index contributed by atoms with van der Waals surface area (Å²) in [4.78, 5) is 0. The van der Waals surface area contributed by atoms with Crippen LogP contribution in [0.3, 0.4) is 0 Å². The molecule has 9 heavy (non-hydrogen) atoms. The van der Waals surface area contributed by atoms with Crippen LogP contribution in [0.15, 0.2) is 11.6 Å². The molecule has 0 saturated heterocycles. The average molecular weight is 167 g/mol. The molecule has 0 aliphatic rings. The Morgan fingerprint density at radius 2 is 2.11 bits per heavy atom. The lowest BCUT2D eigenvalue weighted by atomic mass is 10.2. The largest absolute Gasteiger partial charge is 0.126 e. The molecule has 0 aliphatic carbocycles. The van der Waals surface area contributed by atoms with Crippen molar-refractivity contribution in [3.63, 3.8) is 0 Å². The first-order valence-corrected chi connectivity index (χ1v) is 4.21. The monoisotopic (exact) mass is 166 g/mol. The molecule has 54 valence electrons. The molecule has 0 fully saturated rings. The fourth-order valence-corrected chi connectivity index (χ4v) is 1.12. The molecule has 0 aromatic heterocycles. The molecular weight excluding hydrogens is 155 g/mol. The van der Waals surface area contributed by atoms with Crippen LogP contribution in [-0.4, -0.2) is 11.8 Å². The summed E-state index contributed by atoms with van der Waals surface area (Å²) >= 11 is 11.1. The van der Waals surface area contributed by atoms with Crippen molar-refractivity contribution >= 4 is 23.2 Å². The standard InChI is InChI=1S/C7H12Cl2/c1-2-3-7(6-9)4-5-8/h3H,2,4-6H2,1H3/b7-3-. The second-order valence-electron chi connectivity index (χ2n) is 1.84. The van der Waals surface area contributed by atoms with E-state index in [2.05, 4.69) is 13.0 Å². The van der Waals surface area contributed by atoms with Gasteiger partial charge in [0.15, 0.2) is 0 Å². The van der Waals surface area contributed by atoms with E-state index in [-0.39, 0.29) is 0 Å². The molecule has 0 radical (unpaired) electrons. The molecule has 0 unspecified atom stereocenters. The average Bonchev–Trinajstić information content (AvgIpc) is 1.88. The third kappa shape index (κ3) is 4.80. The number of alkyl halides is 2. The first kappa shape index (κ1) is 9.32. The summed E-state index contributed by atoms with van der Waals surface area (Å²) in [6.45, 7) is 2.10. The normalized spacial score (nSPS) is 12.1. The van der Waals surface area contributed by atoms with Crippen molar-refractivity contribution in [2.75, 3.05) is 11.8 Å². The summed E-state index contributed by atoms with van der Waals surface area (Å²) in [5, 5.41) is 0. The zero-order valence-corrected chi connectivity index (χ0v) is 7.17. The van der Waals surface area contributed by atoms with Crippen molar-refractivity contribution in [1.29, 1.82) is 0 Å². The van der Waals surface area contributed by atoms with E-state index in [1.54, 1.807) is 0 Å². The van der Waals surface area contributed by atoms with Crippen LogP contribution >= 0.6 is 23.2 Å². The molecule has 0 aromatic rings. The lowest BCUT2D eigenvalue weighted by molar-refractivity contribution is 1.07. The smallest absolute Gasteiger partial charge is 0.0433 e. The van der Waals surface area contributed by atoms with Gasteiger partial charge in [-0.15, -0.1) is 23.2 Å². The molecule has 0 nitrogen and oxygen atoms in total. The van der Waals surface area contributed by atoms with E-state index >= 15 is 0 Å². The van der Waals surface area contributed by atoms with Gasteiger partial charge >= 0.3 is 0 Å². The van der Waals surface area contributed by atoms with Gasteiger partial charge in [0.2, 0.25) is 0 Å². The maximum atomic E-state index is 5.60. The van der Waals surface area contributed by atoms with E-state index in [9.17, 15) is 0 Å². The van der Waals surface area contributed by atoms with Crippen LogP contribution in [0.1, 0.15) is 19.8 Å². The molecule has 0 atom stereocenters. The van der Waals surface area contributed by atoms with Crippen LogP contribution in [0.4, 0.5) is 0 Å².